The summed E-state index contributed by atoms with van der Waals surface area (Å²) in [6.07, 6.45) is 2.81. The Morgan fingerprint density at radius 1 is 1.26 bits per heavy atom. The number of aromatic nitrogens is 1. The van der Waals surface area contributed by atoms with Gasteiger partial charge in [0.05, 0.1) is 15.1 Å². The molecule has 1 fully saturated rings. The van der Waals surface area contributed by atoms with Crippen molar-refractivity contribution in [3.8, 4) is 0 Å². The monoisotopic (exact) mass is 495 g/mol. The lowest BCUT2D eigenvalue weighted by Gasteiger charge is -2.30. The van der Waals surface area contributed by atoms with Crippen molar-refractivity contribution in [1.82, 2.24) is 9.29 Å². The number of rotatable bonds is 5. The summed E-state index contributed by atoms with van der Waals surface area (Å²) >= 11 is 8.91. The lowest BCUT2D eigenvalue weighted by Crippen LogP contribution is -2.41. The van der Waals surface area contributed by atoms with Gasteiger partial charge >= 0.3 is 0 Å². The molecule has 0 saturated carbocycles. The molecule has 3 aromatic rings. The second-order valence-corrected chi connectivity index (χ2v) is 11.6. The molecule has 0 atom stereocenters. The van der Waals surface area contributed by atoms with Crippen LogP contribution in [0.4, 0.5) is 5.13 Å². The van der Waals surface area contributed by atoms with Crippen LogP contribution in [0.3, 0.4) is 0 Å². The second kappa shape index (κ2) is 9.07. The number of hydrogen-bond donors (Lipinski definition) is 1. The number of nitrogens with zero attached hydrogens (tertiary/aromatic N) is 2. The number of sulfonamides is 1. The van der Waals surface area contributed by atoms with E-state index < -0.39 is 10.0 Å². The molecular formula is C21H22ClN3O3S3. The van der Waals surface area contributed by atoms with Crippen molar-refractivity contribution < 1.29 is 13.2 Å². The number of thioether (sulfide) groups is 1. The van der Waals surface area contributed by atoms with Crippen LogP contribution in [0.15, 0.2) is 46.2 Å². The largest absolute Gasteiger partial charge is 0.302 e. The molecule has 0 radical (unpaired) electrons. The molecule has 0 spiro atoms. The summed E-state index contributed by atoms with van der Waals surface area (Å²) in [7, 11) is -3.58. The van der Waals surface area contributed by atoms with Crippen LogP contribution in [0, 0.1) is 12.8 Å². The smallest absolute Gasteiger partial charge is 0.244 e. The van der Waals surface area contributed by atoms with Crippen LogP contribution >= 0.6 is 34.7 Å². The number of nitrogens with one attached hydrogen (secondary N) is 1. The Balaban J connectivity index is 1.43. The van der Waals surface area contributed by atoms with Gasteiger partial charge in [-0.2, -0.15) is 4.31 Å². The van der Waals surface area contributed by atoms with E-state index in [9.17, 15) is 13.2 Å². The van der Waals surface area contributed by atoms with E-state index >= 15 is 0 Å². The fourth-order valence-corrected chi connectivity index (χ4v) is 7.66. The minimum Gasteiger partial charge on any atom is -0.302 e. The third-order valence-corrected chi connectivity index (χ3v) is 9.41. The van der Waals surface area contributed by atoms with Crippen LogP contribution in [0.2, 0.25) is 5.02 Å². The first kappa shape index (κ1) is 22.5. The average Bonchev–Trinajstić information content (AvgIpc) is 3.16. The number of amides is 1. The first-order valence-electron chi connectivity index (χ1n) is 9.80. The molecule has 1 aromatic heterocycles. The third kappa shape index (κ3) is 4.61. The van der Waals surface area contributed by atoms with Gasteiger partial charge < -0.3 is 5.32 Å². The van der Waals surface area contributed by atoms with E-state index in [4.69, 9.17) is 11.6 Å². The number of carbonyl (C=O) groups is 1. The quantitative estimate of drug-likeness (QED) is 0.503. The number of thiazole rings is 1. The van der Waals surface area contributed by atoms with Gasteiger partial charge in [0.15, 0.2) is 5.13 Å². The van der Waals surface area contributed by atoms with E-state index in [2.05, 4.69) is 10.3 Å². The Kier molecular flexibility index (Phi) is 6.60. The minimum absolute atomic E-state index is 0.121. The Bertz CT molecular complexity index is 1240. The first-order valence-corrected chi connectivity index (χ1v) is 13.7. The summed E-state index contributed by atoms with van der Waals surface area (Å²) in [6, 6.07) is 10.7. The number of fused-ring (bicyclic) bond motifs is 1. The number of benzene rings is 2. The van der Waals surface area contributed by atoms with Crippen LogP contribution in [0.5, 0.6) is 0 Å². The van der Waals surface area contributed by atoms with Crippen molar-refractivity contribution in [3.05, 3.63) is 47.0 Å². The van der Waals surface area contributed by atoms with Gasteiger partial charge in [-0.15, -0.1) is 11.8 Å². The topological polar surface area (TPSA) is 79.4 Å². The Labute approximate surface area is 195 Å². The number of anilines is 1. The van der Waals surface area contributed by atoms with E-state index in [1.54, 1.807) is 12.1 Å². The highest BCUT2D eigenvalue weighted by Crippen LogP contribution is 2.33. The summed E-state index contributed by atoms with van der Waals surface area (Å²) in [5.74, 6) is -0.372. The van der Waals surface area contributed by atoms with E-state index in [1.165, 1.54) is 27.4 Å². The highest BCUT2D eigenvalue weighted by atomic mass is 35.5. The van der Waals surface area contributed by atoms with Crippen molar-refractivity contribution in [2.45, 2.75) is 29.6 Å². The molecule has 1 amide bonds. The summed E-state index contributed by atoms with van der Waals surface area (Å²) in [6.45, 7) is 2.57. The molecule has 0 bridgehead atoms. The Morgan fingerprint density at radius 2 is 1.97 bits per heavy atom. The van der Waals surface area contributed by atoms with Gasteiger partial charge in [0, 0.05) is 28.9 Å². The van der Waals surface area contributed by atoms with E-state index in [-0.39, 0.29) is 11.8 Å². The zero-order valence-electron chi connectivity index (χ0n) is 17.1. The minimum atomic E-state index is -3.58. The van der Waals surface area contributed by atoms with Crippen molar-refractivity contribution in [3.63, 3.8) is 0 Å². The molecule has 0 aliphatic carbocycles. The lowest BCUT2D eigenvalue weighted by atomic mass is 9.97. The van der Waals surface area contributed by atoms with Crippen LogP contribution in [-0.4, -0.2) is 43.0 Å². The first-order chi connectivity index (χ1) is 14.8. The molecular weight excluding hydrogens is 474 g/mol. The van der Waals surface area contributed by atoms with Gasteiger partial charge in [-0.3, -0.25) is 4.79 Å². The second-order valence-electron chi connectivity index (χ2n) is 7.41. The van der Waals surface area contributed by atoms with E-state index in [0.717, 1.165) is 20.7 Å². The Morgan fingerprint density at radius 3 is 2.68 bits per heavy atom. The summed E-state index contributed by atoms with van der Waals surface area (Å²) in [5, 5.41) is 4.08. The maximum Gasteiger partial charge on any atom is 0.244 e. The van der Waals surface area contributed by atoms with Gasteiger partial charge in [0.25, 0.3) is 0 Å². The highest BCUT2D eigenvalue weighted by molar-refractivity contribution is 7.99. The molecule has 6 nitrogen and oxygen atoms in total. The molecule has 0 unspecified atom stereocenters. The van der Waals surface area contributed by atoms with E-state index in [1.807, 2.05) is 37.4 Å². The lowest BCUT2D eigenvalue weighted by molar-refractivity contribution is -0.120. The predicted octanol–water partition coefficient (Wildman–Crippen LogP) is 5.02. The maximum atomic E-state index is 13.1. The number of carbonyl (C=O) groups excluding carboxylic acids is 1. The molecule has 1 N–H and O–H groups in total. The SMILES string of the molecule is CSc1ccccc1S(=O)(=O)N1CCC(C(=O)Nc2nc3c(C)cc(Cl)cc3s2)CC1. The number of hydrogen-bond acceptors (Lipinski definition) is 6. The van der Waals surface area contributed by atoms with Gasteiger partial charge in [-0.25, -0.2) is 13.4 Å². The van der Waals surface area contributed by atoms with Gasteiger partial charge in [0.2, 0.25) is 15.9 Å². The van der Waals surface area contributed by atoms with Crippen molar-refractivity contribution >= 4 is 66.0 Å². The molecule has 2 aromatic carbocycles. The standard InChI is InChI=1S/C21H22ClN3O3S3/c1-13-11-15(22)12-17-19(13)23-21(30-17)24-20(26)14-7-9-25(10-8-14)31(27,28)18-6-4-3-5-16(18)29-2/h3-6,11-12,14H,7-10H2,1-2H3,(H,23,24,26). The molecule has 2 heterocycles. The zero-order chi connectivity index (χ0) is 22.2. The van der Waals surface area contributed by atoms with Crippen molar-refractivity contribution in [2.75, 3.05) is 24.7 Å². The summed E-state index contributed by atoms with van der Waals surface area (Å²) < 4.78 is 28.6. The van der Waals surface area contributed by atoms with Crippen molar-refractivity contribution in [1.29, 1.82) is 0 Å². The molecule has 4 rings (SSSR count). The van der Waals surface area contributed by atoms with Gasteiger partial charge in [-0.1, -0.05) is 35.1 Å². The molecule has 1 saturated heterocycles. The van der Waals surface area contributed by atoms with Gasteiger partial charge in [0.1, 0.15) is 0 Å². The number of halogens is 1. The van der Waals surface area contributed by atoms with Crippen LogP contribution < -0.4 is 5.32 Å². The van der Waals surface area contributed by atoms with Crippen molar-refractivity contribution in [2.24, 2.45) is 5.92 Å². The fraction of sp³-hybridized carbons (Fsp3) is 0.333. The normalized spacial score (nSPS) is 16.0. The number of piperidine rings is 1. The Hall–Kier alpha value is -1.65. The van der Waals surface area contributed by atoms with Crippen LogP contribution in [0.1, 0.15) is 18.4 Å². The van der Waals surface area contributed by atoms with Gasteiger partial charge in [-0.05, 0) is 55.9 Å². The van der Waals surface area contributed by atoms with E-state index in [0.29, 0.717) is 41.0 Å². The van der Waals surface area contributed by atoms with Crippen LogP contribution in [-0.2, 0) is 14.8 Å². The summed E-state index contributed by atoms with van der Waals surface area (Å²) in [5.41, 5.74) is 1.79. The molecule has 31 heavy (non-hydrogen) atoms. The fourth-order valence-electron chi connectivity index (χ4n) is 3.74. The average molecular weight is 496 g/mol. The molecule has 164 valence electrons. The molecule has 1 aliphatic heterocycles. The molecule has 10 heteroatoms. The third-order valence-electron chi connectivity index (χ3n) is 5.39. The van der Waals surface area contributed by atoms with Crippen LogP contribution in [0.25, 0.3) is 10.2 Å². The zero-order valence-corrected chi connectivity index (χ0v) is 20.3. The maximum absolute atomic E-state index is 13.1. The number of aryl methyl sites for hydroxylation is 1. The molecule has 1 aliphatic rings. The summed E-state index contributed by atoms with van der Waals surface area (Å²) in [4.78, 5) is 18.4. The highest BCUT2D eigenvalue weighted by Gasteiger charge is 2.33. The predicted molar refractivity (Wildman–Crippen MR) is 128 cm³/mol.